The van der Waals surface area contributed by atoms with E-state index in [9.17, 15) is 14.8 Å². The van der Waals surface area contributed by atoms with Crippen molar-refractivity contribution in [3.05, 3.63) is 24.5 Å². The molecule has 23 heavy (non-hydrogen) atoms. The maximum absolute atomic E-state index is 10.7. The molecule has 2 heterocycles. The molecule has 1 saturated heterocycles. The molecule has 3 rings (SSSR count). The summed E-state index contributed by atoms with van der Waals surface area (Å²) in [5.41, 5.74) is 7.39. The van der Waals surface area contributed by atoms with Gasteiger partial charge in [0, 0.05) is 0 Å². The molecule has 0 saturated carbocycles. The minimum atomic E-state index is -4.70. The van der Waals surface area contributed by atoms with Gasteiger partial charge in [0.2, 0.25) is 0 Å². The number of para-hydroxylation sites is 1. The van der Waals surface area contributed by atoms with Gasteiger partial charge in [0.1, 0.15) is 23.8 Å². The zero-order chi connectivity index (χ0) is 16.8. The number of anilines is 1. The van der Waals surface area contributed by atoms with Gasteiger partial charge >= 0.3 is 7.82 Å². The summed E-state index contributed by atoms with van der Waals surface area (Å²) in [5.74, 6) is 0. The van der Waals surface area contributed by atoms with E-state index in [-0.39, 0.29) is 0 Å². The molecule has 4 atom stereocenters. The molecular formula is C12H16N3O7P. The summed E-state index contributed by atoms with van der Waals surface area (Å²) in [7, 11) is -4.70. The van der Waals surface area contributed by atoms with Gasteiger partial charge in [-0.1, -0.05) is 6.07 Å². The van der Waals surface area contributed by atoms with Crippen LogP contribution in [0.3, 0.4) is 0 Å². The predicted octanol–water partition coefficient (Wildman–Crippen LogP) is -0.653. The van der Waals surface area contributed by atoms with Crippen molar-refractivity contribution in [2.45, 2.75) is 24.5 Å². The van der Waals surface area contributed by atoms with Crippen LogP contribution in [0.2, 0.25) is 0 Å². The number of hydrogen-bond acceptors (Lipinski definition) is 7. The lowest BCUT2D eigenvalue weighted by Gasteiger charge is -2.17. The van der Waals surface area contributed by atoms with E-state index in [4.69, 9.17) is 20.3 Å². The van der Waals surface area contributed by atoms with Gasteiger partial charge < -0.3 is 35.0 Å². The summed E-state index contributed by atoms with van der Waals surface area (Å²) in [4.78, 5) is 21.6. The lowest BCUT2D eigenvalue weighted by molar-refractivity contribution is -0.0501. The second kappa shape index (κ2) is 5.84. The standard InChI is InChI=1S/C12H16N3O7P/c13-6-2-1-3-7-9(6)14-5-15(7)12-11(17)10(16)8(22-12)4-21-23(18,19)20/h1-3,5,8,10-12,16-17H,4,13H2,(H2,18,19,20)/t8-,10-,11-,12-/m1/s1. The van der Waals surface area contributed by atoms with Crippen LogP contribution < -0.4 is 5.73 Å². The van der Waals surface area contributed by atoms with Crippen LogP contribution in [-0.4, -0.2) is 54.5 Å². The topological polar surface area (TPSA) is 160 Å². The molecule has 0 bridgehead atoms. The van der Waals surface area contributed by atoms with Gasteiger partial charge in [-0.2, -0.15) is 0 Å². The first-order valence-electron chi connectivity index (χ1n) is 6.70. The highest BCUT2D eigenvalue weighted by molar-refractivity contribution is 7.46. The van der Waals surface area contributed by atoms with Crippen molar-refractivity contribution in [2.24, 2.45) is 0 Å². The third kappa shape index (κ3) is 3.10. The van der Waals surface area contributed by atoms with E-state index in [0.717, 1.165) is 0 Å². The van der Waals surface area contributed by atoms with Gasteiger partial charge in [0.15, 0.2) is 6.23 Å². The van der Waals surface area contributed by atoms with E-state index < -0.39 is 39.0 Å². The van der Waals surface area contributed by atoms with E-state index >= 15 is 0 Å². The van der Waals surface area contributed by atoms with Crippen LogP contribution in [0.25, 0.3) is 11.0 Å². The lowest BCUT2D eigenvalue weighted by atomic mass is 10.1. The fourth-order valence-corrected chi connectivity index (χ4v) is 2.89. The number of aromatic nitrogens is 2. The van der Waals surface area contributed by atoms with E-state index in [1.807, 2.05) is 0 Å². The van der Waals surface area contributed by atoms with Gasteiger partial charge in [-0.05, 0) is 12.1 Å². The van der Waals surface area contributed by atoms with Crippen molar-refractivity contribution in [1.82, 2.24) is 9.55 Å². The zero-order valence-electron chi connectivity index (χ0n) is 11.8. The highest BCUT2D eigenvalue weighted by Crippen LogP contribution is 2.39. The summed E-state index contributed by atoms with van der Waals surface area (Å²) in [6, 6.07) is 5.11. The van der Waals surface area contributed by atoms with Gasteiger partial charge in [-0.3, -0.25) is 4.52 Å². The third-order valence-corrected chi connectivity index (χ3v) is 4.14. The van der Waals surface area contributed by atoms with Crippen molar-refractivity contribution in [3.63, 3.8) is 0 Å². The number of rotatable bonds is 4. The summed E-state index contributed by atoms with van der Waals surface area (Å²) < 4.78 is 22.1. The monoisotopic (exact) mass is 345 g/mol. The Hall–Kier alpha value is -1.52. The van der Waals surface area contributed by atoms with Crippen molar-refractivity contribution in [2.75, 3.05) is 12.3 Å². The number of aliphatic hydroxyl groups is 2. The summed E-state index contributed by atoms with van der Waals surface area (Å²) in [6.45, 7) is -0.562. The molecule has 0 aliphatic carbocycles. The molecule has 0 amide bonds. The number of nitrogens with zero attached hydrogens (tertiary/aromatic N) is 2. The molecule has 6 N–H and O–H groups in total. The number of aliphatic hydroxyl groups excluding tert-OH is 2. The summed E-state index contributed by atoms with van der Waals surface area (Å²) in [5, 5.41) is 20.1. The molecule has 0 unspecified atom stereocenters. The molecule has 1 fully saturated rings. The number of nitrogens with two attached hydrogens (primary N) is 1. The fraction of sp³-hybridized carbons (Fsp3) is 0.417. The van der Waals surface area contributed by atoms with Crippen molar-refractivity contribution in [3.8, 4) is 0 Å². The fourth-order valence-electron chi connectivity index (χ4n) is 2.55. The van der Waals surface area contributed by atoms with Gasteiger partial charge in [-0.25, -0.2) is 9.55 Å². The lowest BCUT2D eigenvalue weighted by Crippen LogP contribution is -2.33. The van der Waals surface area contributed by atoms with Crippen molar-refractivity contribution >= 4 is 24.5 Å². The minimum absolute atomic E-state index is 0.454. The van der Waals surface area contributed by atoms with Gasteiger partial charge in [0.25, 0.3) is 0 Å². The second-order valence-electron chi connectivity index (χ2n) is 5.20. The SMILES string of the molecule is Nc1cccc2c1ncn2[C@@H]1O[C@H](COP(=O)(O)O)[C@@H](O)[C@H]1O. The van der Waals surface area contributed by atoms with E-state index in [1.54, 1.807) is 18.2 Å². The number of benzene rings is 1. The quantitative estimate of drug-likeness (QED) is 0.358. The van der Waals surface area contributed by atoms with E-state index in [2.05, 4.69) is 9.51 Å². The molecule has 1 aliphatic heterocycles. The Labute approximate surface area is 130 Å². The molecule has 1 aromatic carbocycles. The molecule has 1 aromatic heterocycles. The summed E-state index contributed by atoms with van der Waals surface area (Å²) >= 11 is 0. The average Bonchev–Trinajstić information content (AvgIpc) is 3.01. The Morgan fingerprint density at radius 2 is 2.09 bits per heavy atom. The van der Waals surface area contributed by atoms with Crippen LogP contribution >= 0.6 is 7.82 Å². The Bertz CT molecular complexity index is 760. The Balaban J connectivity index is 1.85. The van der Waals surface area contributed by atoms with E-state index in [0.29, 0.717) is 16.7 Å². The van der Waals surface area contributed by atoms with Crippen LogP contribution in [0.1, 0.15) is 6.23 Å². The first-order valence-corrected chi connectivity index (χ1v) is 8.23. The van der Waals surface area contributed by atoms with Crippen LogP contribution in [-0.2, 0) is 13.8 Å². The number of phosphoric acid groups is 1. The van der Waals surface area contributed by atoms with Crippen LogP contribution in [0.5, 0.6) is 0 Å². The number of hydrogen-bond donors (Lipinski definition) is 5. The Kier molecular flexibility index (Phi) is 4.15. The first kappa shape index (κ1) is 16.3. The maximum Gasteiger partial charge on any atom is 0.469 e. The molecule has 2 aromatic rings. The highest BCUT2D eigenvalue weighted by Gasteiger charge is 2.44. The zero-order valence-corrected chi connectivity index (χ0v) is 12.7. The maximum atomic E-state index is 10.7. The van der Waals surface area contributed by atoms with E-state index in [1.165, 1.54) is 10.9 Å². The Morgan fingerprint density at radius 3 is 2.78 bits per heavy atom. The van der Waals surface area contributed by atoms with Crippen molar-refractivity contribution in [1.29, 1.82) is 0 Å². The van der Waals surface area contributed by atoms with Crippen LogP contribution in [0.15, 0.2) is 24.5 Å². The molecule has 0 radical (unpaired) electrons. The van der Waals surface area contributed by atoms with Crippen LogP contribution in [0.4, 0.5) is 5.69 Å². The molecule has 126 valence electrons. The smallest absolute Gasteiger partial charge is 0.397 e. The van der Waals surface area contributed by atoms with Gasteiger partial charge in [0.05, 0.1) is 24.1 Å². The minimum Gasteiger partial charge on any atom is -0.397 e. The molecule has 0 spiro atoms. The van der Waals surface area contributed by atoms with Crippen molar-refractivity contribution < 1.29 is 33.8 Å². The van der Waals surface area contributed by atoms with Crippen LogP contribution in [0, 0.1) is 0 Å². The predicted molar refractivity (Wildman–Crippen MR) is 78.1 cm³/mol. The number of fused-ring (bicyclic) bond motifs is 1. The molecular weight excluding hydrogens is 329 g/mol. The highest BCUT2D eigenvalue weighted by atomic mass is 31.2. The number of phosphoric ester groups is 1. The second-order valence-corrected chi connectivity index (χ2v) is 6.44. The molecule has 1 aliphatic rings. The third-order valence-electron chi connectivity index (χ3n) is 3.65. The first-order chi connectivity index (χ1) is 10.8. The largest absolute Gasteiger partial charge is 0.469 e. The number of nitrogen functional groups attached to an aromatic ring is 1. The number of imidazole rings is 1. The number of ether oxygens (including phenoxy) is 1. The summed E-state index contributed by atoms with van der Waals surface area (Å²) in [6.07, 6.45) is -3.36. The molecule has 11 heteroatoms. The molecule has 10 nitrogen and oxygen atoms in total. The average molecular weight is 345 g/mol. The van der Waals surface area contributed by atoms with Gasteiger partial charge in [-0.15, -0.1) is 0 Å². The normalized spacial score (nSPS) is 28.5. The Morgan fingerprint density at radius 1 is 1.35 bits per heavy atom.